The molecule has 0 aliphatic rings. The highest BCUT2D eigenvalue weighted by atomic mass is 32.2. The summed E-state index contributed by atoms with van der Waals surface area (Å²) in [5.74, 6) is -0.418. The van der Waals surface area contributed by atoms with Crippen LogP contribution in [-0.4, -0.2) is 34.2 Å². The molecule has 1 rings (SSSR count). The summed E-state index contributed by atoms with van der Waals surface area (Å²) in [7, 11) is 0. The van der Waals surface area contributed by atoms with Gasteiger partial charge < -0.3 is 10.2 Å². The van der Waals surface area contributed by atoms with E-state index in [1.165, 1.54) is 19.2 Å². The fraction of sp³-hybridized carbons (Fsp3) is 0.300. The van der Waals surface area contributed by atoms with Gasteiger partial charge in [-0.25, -0.2) is 4.98 Å². The first kappa shape index (κ1) is 14.9. The van der Waals surface area contributed by atoms with E-state index < -0.39 is 11.0 Å². The minimum absolute atomic E-state index is 0.0176. The minimum Gasteiger partial charge on any atom is -0.350 e. The van der Waals surface area contributed by atoms with Crippen molar-refractivity contribution in [3.63, 3.8) is 0 Å². The Labute approximate surface area is 112 Å². The van der Waals surface area contributed by atoms with E-state index in [2.05, 4.69) is 15.1 Å². The van der Waals surface area contributed by atoms with Crippen LogP contribution in [0.1, 0.15) is 17.3 Å². The van der Waals surface area contributed by atoms with Crippen molar-refractivity contribution in [3.05, 3.63) is 34.0 Å². The van der Waals surface area contributed by atoms with Gasteiger partial charge in [0.2, 0.25) is 0 Å². The Balaban J connectivity index is 2.44. The van der Waals surface area contributed by atoms with Crippen molar-refractivity contribution in [2.75, 3.05) is 13.2 Å². The molecule has 19 heavy (non-hydrogen) atoms. The molecule has 0 fully saturated rings. The third kappa shape index (κ3) is 5.82. The molecule has 0 saturated carbocycles. The zero-order valence-corrected chi connectivity index (χ0v) is 10.8. The molecular weight excluding hydrogens is 274 g/mol. The highest BCUT2D eigenvalue weighted by Crippen LogP contribution is 2.15. The first-order chi connectivity index (χ1) is 8.99. The van der Waals surface area contributed by atoms with Gasteiger partial charge in [0.1, 0.15) is 11.6 Å². The van der Waals surface area contributed by atoms with Gasteiger partial charge in [0.05, 0.1) is 5.56 Å². The number of thioether (sulfide) groups is 1. The summed E-state index contributed by atoms with van der Waals surface area (Å²) in [5.41, 5.74) is 0.300. The summed E-state index contributed by atoms with van der Waals surface area (Å²) in [6, 6.07) is 3.07. The molecular formula is C10H11N3O5S. The molecule has 1 aromatic rings. The van der Waals surface area contributed by atoms with Crippen LogP contribution in [0, 0.1) is 10.1 Å². The van der Waals surface area contributed by atoms with E-state index in [-0.39, 0.29) is 18.3 Å². The van der Waals surface area contributed by atoms with Crippen LogP contribution in [-0.2, 0) is 9.63 Å². The summed E-state index contributed by atoms with van der Waals surface area (Å²) in [6.45, 7) is 1.22. The van der Waals surface area contributed by atoms with E-state index in [4.69, 9.17) is 0 Å². The van der Waals surface area contributed by atoms with Crippen molar-refractivity contribution in [1.29, 1.82) is 0 Å². The van der Waals surface area contributed by atoms with E-state index in [1.54, 1.807) is 6.07 Å². The zero-order chi connectivity index (χ0) is 14.3. The Hall–Kier alpha value is -2.16. The maximum atomic E-state index is 11.6. The van der Waals surface area contributed by atoms with Crippen LogP contribution in [0.5, 0.6) is 0 Å². The molecule has 0 unspecified atom stereocenters. The molecule has 8 nitrogen and oxygen atoms in total. The molecule has 1 heterocycles. The number of aromatic nitrogens is 1. The molecule has 0 radical (unpaired) electrons. The third-order valence-corrected chi connectivity index (χ3v) is 2.57. The predicted octanol–water partition coefficient (Wildman–Crippen LogP) is 0.658. The molecule has 0 spiro atoms. The molecule has 9 heteroatoms. The summed E-state index contributed by atoms with van der Waals surface area (Å²) < 4.78 is 0. The van der Waals surface area contributed by atoms with Gasteiger partial charge >= 0.3 is 0 Å². The molecule has 0 saturated heterocycles. The third-order valence-electron chi connectivity index (χ3n) is 1.83. The van der Waals surface area contributed by atoms with Crippen LogP contribution in [0.15, 0.2) is 23.4 Å². The second-order valence-electron chi connectivity index (χ2n) is 3.29. The van der Waals surface area contributed by atoms with Crippen LogP contribution in [0.3, 0.4) is 0 Å². The summed E-state index contributed by atoms with van der Waals surface area (Å²) >= 11 is 0.967. The molecule has 0 bridgehead atoms. The second-order valence-corrected chi connectivity index (χ2v) is 4.49. The van der Waals surface area contributed by atoms with Crippen molar-refractivity contribution < 1.29 is 19.5 Å². The van der Waals surface area contributed by atoms with Crippen molar-refractivity contribution in [2.45, 2.75) is 11.9 Å². The highest BCUT2D eigenvalue weighted by molar-refractivity contribution is 8.13. The minimum atomic E-state index is -0.929. The maximum Gasteiger partial charge on any atom is 0.294 e. The molecule has 1 N–H and O–H groups in total. The highest BCUT2D eigenvalue weighted by Gasteiger charge is 2.07. The van der Waals surface area contributed by atoms with E-state index in [0.29, 0.717) is 10.6 Å². The quantitative estimate of drug-likeness (QED) is 0.353. The predicted molar refractivity (Wildman–Crippen MR) is 66.1 cm³/mol. The number of carbonyl (C=O) groups excluding carboxylic acids is 2. The number of nitrogens with one attached hydrogen (secondary N) is 1. The maximum absolute atomic E-state index is 11.6. The summed E-state index contributed by atoms with van der Waals surface area (Å²) in [4.78, 5) is 40.3. The lowest BCUT2D eigenvalue weighted by molar-refractivity contribution is -0.757. The Morgan fingerprint density at radius 2 is 2.26 bits per heavy atom. The monoisotopic (exact) mass is 285 g/mol. The van der Waals surface area contributed by atoms with E-state index in [9.17, 15) is 19.7 Å². The SMILES string of the molecule is CC(=O)Sc1ccc(C(=O)NCCO[N+](=O)[O-])cn1. The van der Waals surface area contributed by atoms with Gasteiger partial charge in [0.25, 0.3) is 11.0 Å². The van der Waals surface area contributed by atoms with E-state index in [1.807, 2.05) is 0 Å². The first-order valence-electron chi connectivity index (χ1n) is 5.19. The normalized spacial score (nSPS) is 9.74. The van der Waals surface area contributed by atoms with E-state index >= 15 is 0 Å². The van der Waals surface area contributed by atoms with Gasteiger partial charge in [-0.05, 0) is 23.9 Å². The average Bonchev–Trinajstić information content (AvgIpc) is 2.34. The zero-order valence-electron chi connectivity index (χ0n) is 9.99. The summed E-state index contributed by atoms with van der Waals surface area (Å²) in [5, 5.41) is 11.8. The lowest BCUT2D eigenvalue weighted by Crippen LogP contribution is -2.28. The number of hydrogen-bond donors (Lipinski definition) is 1. The lowest BCUT2D eigenvalue weighted by atomic mass is 10.3. The Kier molecular flexibility index (Phi) is 5.73. The molecule has 0 aliphatic heterocycles. The van der Waals surface area contributed by atoms with Crippen molar-refractivity contribution in [1.82, 2.24) is 10.3 Å². The Bertz CT molecular complexity index is 477. The number of rotatable bonds is 6. The standard InChI is InChI=1S/C10H11N3O5S/c1-7(14)19-9-3-2-8(6-12-9)10(15)11-4-5-18-13(16)17/h2-3,6H,4-5H2,1H3,(H,11,15). The molecule has 102 valence electrons. The lowest BCUT2D eigenvalue weighted by Gasteiger charge is -2.04. The number of hydrogen-bond acceptors (Lipinski definition) is 7. The Morgan fingerprint density at radius 3 is 2.79 bits per heavy atom. The van der Waals surface area contributed by atoms with Crippen LogP contribution in [0.4, 0.5) is 0 Å². The van der Waals surface area contributed by atoms with Gasteiger partial charge in [-0.1, -0.05) is 0 Å². The van der Waals surface area contributed by atoms with Crippen LogP contribution < -0.4 is 5.32 Å². The van der Waals surface area contributed by atoms with Crippen molar-refractivity contribution >= 4 is 22.8 Å². The fourth-order valence-electron chi connectivity index (χ4n) is 1.11. The van der Waals surface area contributed by atoms with Gasteiger partial charge in [-0.3, -0.25) is 9.59 Å². The summed E-state index contributed by atoms with van der Waals surface area (Å²) in [6.07, 6.45) is 1.33. The average molecular weight is 285 g/mol. The number of pyridine rings is 1. The number of carbonyl (C=O) groups is 2. The van der Waals surface area contributed by atoms with Gasteiger partial charge in [-0.15, -0.1) is 10.1 Å². The second kappa shape index (κ2) is 7.31. The molecule has 1 amide bonds. The number of amides is 1. The molecule has 1 aromatic heterocycles. The first-order valence-corrected chi connectivity index (χ1v) is 6.00. The molecule has 0 atom stereocenters. The van der Waals surface area contributed by atoms with Crippen LogP contribution in [0.25, 0.3) is 0 Å². The largest absolute Gasteiger partial charge is 0.350 e. The molecule has 0 aromatic carbocycles. The van der Waals surface area contributed by atoms with Crippen molar-refractivity contribution in [3.8, 4) is 0 Å². The fourth-order valence-corrected chi connectivity index (χ4v) is 1.65. The Morgan fingerprint density at radius 1 is 1.53 bits per heavy atom. The van der Waals surface area contributed by atoms with Gasteiger partial charge in [-0.2, -0.15) is 0 Å². The van der Waals surface area contributed by atoms with Crippen LogP contribution >= 0.6 is 11.8 Å². The molecule has 0 aliphatic carbocycles. The van der Waals surface area contributed by atoms with Crippen molar-refractivity contribution in [2.24, 2.45) is 0 Å². The van der Waals surface area contributed by atoms with E-state index in [0.717, 1.165) is 11.8 Å². The number of nitrogens with zero attached hydrogens (tertiary/aromatic N) is 2. The topological polar surface area (TPSA) is 111 Å². The van der Waals surface area contributed by atoms with Crippen LogP contribution in [0.2, 0.25) is 0 Å². The van der Waals surface area contributed by atoms with Gasteiger partial charge in [0.15, 0.2) is 5.12 Å². The smallest absolute Gasteiger partial charge is 0.294 e. The van der Waals surface area contributed by atoms with Gasteiger partial charge in [0, 0.05) is 19.7 Å².